The standard InChI is InChI=1S/C13H22F3NO/c14-13(15,16)9-4-3-5-10(8-9)17-11-6-1-2-7-12(11)18/h9-12,17-18H,1-8H2. The zero-order valence-electron chi connectivity index (χ0n) is 10.5. The number of alkyl halides is 3. The molecular weight excluding hydrogens is 243 g/mol. The minimum absolute atomic E-state index is 0.00395. The van der Waals surface area contributed by atoms with Gasteiger partial charge in [-0.25, -0.2) is 0 Å². The Bertz CT molecular complexity index is 269. The van der Waals surface area contributed by atoms with E-state index in [1.165, 1.54) is 0 Å². The zero-order valence-corrected chi connectivity index (χ0v) is 10.5. The van der Waals surface area contributed by atoms with E-state index in [1.807, 2.05) is 0 Å². The Morgan fingerprint density at radius 2 is 1.67 bits per heavy atom. The maximum absolute atomic E-state index is 12.7. The van der Waals surface area contributed by atoms with Crippen molar-refractivity contribution < 1.29 is 18.3 Å². The van der Waals surface area contributed by atoms with Crippen molar-refractivity contribution >= 4 is 0 Å². The maximum Gasteiger partial charge on any atom is 0.391 e. The Kier molecular flexibility index (Phi) is 4.54. The molecule has 0 aromatic heterocycles. The van der Waals surface area contributed by atoms with Gasteiger partial charge in [0.05, 0.1) is 12.0 Å². The number of halogens is 3. The van der Waals surface area contributed by atoms with Crippen LogP contribution in [0.4, 0.5) is 13.2 Å². The zero-order chi connectivity index (χ0) is 13.2. The highest BCUT2D eigenvalue weighted by atomic mass is 19.4. The van der Waals surface area contributed by atoms with E-state index in [0.717, 1.165) is 32.1 Å². The van der Waals surface area contributed by atoms with E-state index < -0.39 is 12.1 Å². The molecule has 2 nitrogen and oxygen atoms in total. The van der Waals surface area contributed by atoms with Crippen molar-refractivity contribution in [2.24, 2.45) is 5.92 Å². The Morgan fingerprint density at radius 3 is 2.33 bits per heavy atom. The second-order valence-electron chi connectivity index (χ2n) is 5.73. The van der Waals surface area contributed by atoms with Gasteiger partial charge in [-0.1, -0.05) is 19.3 Å². The van der Waals surface area contributed by atoms with Crippen molar-refractivity contribution in [2.75, 3.05) is 0 Å². The van der Waals surface area contributed by atoms with Crippen molar-refractivity contribution in [2.45, 2.75) is 75.7 Å². The van der Waals surface area contributed by atoms with E-state index >= 15 is 0 Å². The first-order chi connectivity index (χ1) is 8.47. The molecule has 0 aliphatic heterocycles. The van der Waals surface area contributed by atoms with Crippen LogP contribution >= 0.6 is 0 Å². The van der Waals surface area contributed by atoms with Gasteiger partial charge < -0.3 is 10.4 Å². The maximum atomic E-state index is 12.7. The first-order valence-corrected chi connectivity index (χ1v) is 6.97. The molecule has 2 fully saturated rings. The van der Waals surface area contributed by atoms with Crippen LogP contribution in [0.15, 0.2) is 0 Å². The highest BCUT2D eigenvalue weighted by Crippen LogP contribution is 2.37. The molecule has 2 aliphatic carbocycles. The second kappa shape index (κ2) is 5.78. The highest BCUT2D eigenvalue weighted by molar-refractivity contribution is 4.87. The number of hydrogen-bond acceptors (Lipinski definition) is 2. The molecule has 0 bridgehead atoms. The number of nitrogens with one attached hydrogen (secondary N) is 1. The van der Waals surface area contributed by atoms with Crippen LogP contribution in [0.2, 0.25) is 0 Å². The van der Waals surface area contributed by atoms with Crippen molar-refractivity contribution in [1.29, 1.82) is 0 Å². The Labute approximate surface area is 106 Å². The number of rotatable bonds is 2. The van der Waals surface area contributed by atoms with Crippen molar-refractivity contribution in [1.82, 2.24) is 5.32 Å². The molecule has 0 radical (unpaired) electrons. The lowest BCUT2D eigenvalue weighted by molar-refractivity contribution is -0.184. The topological polar surface area (TPSA) is 32.3 Å². The van der Waals surface area contributed by atoms with Crippen LogP contribution in [-0.4, -0.2) is 29.5 Å². The lowest BCUT2D eigenvalue weighted by atomic mass is 9.83. The summed E-state index contributed by atoms with van der Waals surface area (Å²) in [5, 5.41) is 13.1. The van der Waals surface area contributed by atoms with Crippen molar-refractivity contribution in [3.63, 3.8) is 0 Å². The molecule has 0 saturated heterocycles. The lowest BCUT2D eigenvalue weighted by Crippen LogP contribution is -2.49. The molecule has 2 rings (SSSR count). The summed E-state index contributed by atoms with van der Waals surface area (Å²) in [5.74, 6) is -1.16. The quantitative estimate of drug-likeness (QED) is 0.804. The largest absolute Gasteiger partial charge is 0.392 e. The molecule has 2 aliphatic rings. The molecule has 4 unspecified atom stereocenters. The average Bonchev–Trinajstić information content (AvgIpc) is 2.31. The molecular formula is C13H22F3NO. The van der Waals surface area contributed by atoms with Gasteiger partial charge in [0.1, 0.15) is 0 Å². The fourth-order valence-corrected chi connectivity index (χ4v) is 3.25. The van der Waals surface area contributed by atoms with E-state index in [2.05, 4.69) is 5.32 Å². The molecule has 0 aromatic carbocycles. The molecule has 4 atom stereocenters. The average molecular weight is 265 g/mol. The molecule has 2 N–H and O–H groups in total. The van der Waals surface area contributed by atoms with Gasteiger partial charge in [-0.05, 0) is 32.1 Å². The van der Waals surface area contributed by atoms with Crippen molar-refractivity contribution in [3.05, 3.63) is 0 Å². The summed E-state index contributed by atoms with van der Waals surface area (Å²) >= 11 is 0. The Morgan fingerprint density at radius 1 is 0.944 bits per heavy atom. The summed E-state index contributed by atoms with van der Waals surface area (Å²) in [7, 11) is 0. The molecule has 0 spiro atoms. The van der Waals surface area contributed by atoms with Crippen molar-refractivity contribution in [3.8, 4) is 0 Å². The van der Waals surface area contributed by atoms with E-state index in [9.17, 15) is 18.3 Å². The third-order valence-electron chi connectivity index (χ3n) is 4.32. The Balaban J connectivity index is 1.85. The summed E-state index contributed by atoms with van der Waals surface area (Å²) in [4.78, 5) is 0. The van der Waals surface area contributed by atoms with E-state index in [-0.39, 0.29) is 31.0 Å². The second-order valence-corrected chi connectivity index (χ2v) is 5.73. The van der Waals surface area contributed by atoms with Crippen LogP contribution < -0.4 is 5.32 Å². The monoisotopic (exact) mass is 265 g/mol. The minimum Gasteiger partial charge on any atom is -0.392 e. The number of aliphatic hydroxyl groups is 1. The summed E-state index contributed by atoms with van der Waals surface area (Å²) in [6.45, 7) is 0. The molecule has 0 amide bonds. The minimum atomic E-state index is -4.06. The highest BCUT2D eigenvalue weighted by Gasteiger charge is 2.42. The summed E-state index contributed by atoms with van der Waals surface area (Å²) in [6, 6.07) is -0.0844. The van der Waals surface area contributed by atoms with Gasteiger partial charge in [0.15, 0.2) is 0 Å². The smallest absolute Gasteiger partial charge is 0.391 e. The van der Waals surface area contributed by atoms with E-state index in [1.54, 1.807) is 0 Å². The molecule has 106 valence electrons. The molecule has 5 heteroatoms. The number of aliphatic hydroxyl groups excluding tert-OH is 1. The molecule has 0 aromatic rings. The fraction of sp³-hybridized carbons (Fsp3) is 1.00. The summed E-state index contributed by atoms with van der Waals surface area (Å²) < 4.78 is 38.1. The van der Waals surface area contributed by atoms with E-state index in [4.69, 9.17) is 0 Å². The van der Waals surface area contributed by atoms with Crippen LogP contribution in [0, 0.1) is 5.92 Å². The predicted molar refractivity (Wildman–Crippen MR) is 63.2 cm³/mol. The van der Waals surface area contributed by atoms with Crippen LogP contribution in [0.5, 0.6) is 0 Å². The third-order valence-corrected chi connectivity index (χ3v) is 4.32. The van der Waals surface area contributed by atoms with Crippen LogP contribution in [-0.2, 0) is 0 Å². The van der Waals surface area contributed by atoms with Gasteiger partial charge >= 0.3 is 6.18 Å². The predicted octanol–water partition coefficient (Wildman–Crippen LogP) is 3.00. The van der Waals surface area contributed by atoms with Crippen LogP contribution in [0.3, 0.4) is 0 Å². The molecule has 2 saturated carbocycles. The van der Waals surface area contributed by atoms with Gasteiger partial charge in [0.25, 0.3) is 0 Å². The summed E-state index contributed by atoms with van der Waals surface area (Å²) in [6.07, 6.45) is 1.15. The summed E-state index contributed by atoms with van der Waals surface area (Å²) in [5.41, 5.74) is 0. The van der Waals surface area contributed by atoms with Gasteiger partial charge in [-0.2, -0.15) is 13.2 Å². The molecule has 18 heavy (non-hydrogen) atoms. The van der Waals surface area contributed by atoms with Crippen LogP contribution in [0.25, 0.3) is 0 Å². The van der Waals surface area contributed by atoms with E-state index in [0.29, 0.717) is 6.42 Å². The third kappa shape index (κ3) is 3.60. The lowest BCUT2D eigenvalue weighted by Gasteiger charge is -2.36. The first kappa shape index (κ1) is 14.1. The SMILES string of the molecule is OC1CCCCC1NC1CCCC(C(F)(F)F)C1. The van der Waals surface area contributed by atoms with Gasteiger partial charge in [-0.15, -0.1) is 0 Å². The Hall–Kier alpha value is -0.290. The van der Waals surface area contributed by atoms with Gasteiger partial charge in [0, 0.05) is 12.1 Å². The molecule has 0 heterocycles. The van der Waals surface area contributed by atoms with Crippen LogP contribution in [0.1, 0.15) is 51.4 Å². The normalized spacial score (nSPS) is 38.7. The number of hydrogen-bond donors (Lipinski definition) is 2. The van der Waals surface area contributed by atoms with Gasteiger partial charge in [0.2, 0.25) is 0 Å². The van der Waals surface area contributed by atoms with Gasteiger partial charge in [-0.3, -0.25) is 0 Å². The first-order valence-electron chi connectivity index (χ1n) is 6.97. The fourth-order valence-electron chi connectivity index (χ4n) is 3.25.